The van der Waals surface area contributed by atoms with E-state index in [4.69, 9.17) is 10.00 Å². The maximum absolute atomic E-state index is 14.2. The normalized spacial score (nSPS) is 22.1. The largest absolute Gasteiger partial charge is 0.496 e. The van der Waals surface area contributed by atoms with Crippen LogP contribution in [-0.4, -0.2) is 38.1 Å². The second kappa shape index (κ2) is 11.2. The van der Waals surface area contributed by atoms with Crippen LogP contribution in [0.3, 0.4) is 0 Å². The highest BCUT2D eigenvalue weighted by Gasteiger charge is 2.38. The zero-order chi connectivity index (χ0) is 24.7. The molecule has 2 saturated carbocycles. The fraction of sp³-hybridized carbons (Fsp3) is 0.444. The van der Waals surface area contributed by atoms with E-state index >= 15 is 0 Å². The van der Waals surface area contributed by atoms with Crippen molar-refractivity contribution in [3.63, 3.8) is 0 Å². The highest BCUT2D eigenvalue weighted by Crippen LogP contribution is 2.39. The Morgan fingerprint density at radius 3 is 2.60 bits per heavy atom. The molecule has 8 heteroatoms. The molecule has 1 amide bonds. The Morgan fingerprint density at radius 2 is 1.91 bits per heavy atom. The molecule has 35 heavy (non-hydrogen) atoms. The van der Waals surface area contributed by atoms with E-state index in [0.29, 0.717) is 29.7 Å². The van der Waals surface area contributed by atoms with Gasteiger partial charge in [-0.3, -0.25) is 4.79 Å². The first kappa shape index (κ1) is 24.5. The maximum atomic E-state index is 14.2. The van der Waals surface area contributed by atoms with Crippen molar-refractivity contribution in [2.75, 3.05) is 20.2 Å². The van der Waals surface area contributed by atoms with Crippen LogP contribution in [0.1, 0.15) is 54.4 Å². The van der Waals surface area contributed by atoms with E-state index < -0.39 is 5.41 Å². The smallest absolute Gasteiger partial charge is 0.255 e. The molecule has 7 nitrogen and oxygen atoms in total. The molecule has 0 saturated heterocycles. The molecule has 2 fully saturated rings. The molecule has 2 aliphatic carbocycles. The van der Waals surface area contributed by atoms with E-state index in [0.717, 1.165) is 37.8 Å². The van der Waals surface area contributed by atoms with Crippen molar-refractivity contribution >= 4 is 11.9 Å². The van der Waals surface area contributed by atoms with Gasteiger partial charge in [-0.1, -0.05) is 24.3 Å². The van der Waals surface area contributed by atoms with E-state index in [1.165, 1.54) is 26.0 Å². The summed E-state index contributed by atoms with van der Waals surface area (Å²) in [6.07, 6.45) is 7.41. The minimum absolute atomic E-state index is 0.139. The van der Waals surface area contributed by atoms with Crippen molar-refractivity contribution in [3.8, 4) is 11.9 Å². The highest BCUT2D eigenvalue weighted by molar-refractivity contribution is 5.97. The number of carbonyl (C=O) groups is 1. The van der Waals surface area contributed by atoms with Crippen molar-refractivity contribution in [3.05, 3.63) is 65.5 Å². The van der Waals surface area contributed by atoms with Gasteiger partial charge in [0.1, 0.15) is 11.6 Å². The summed E-state index contributed by atoms with van der Waals surface area (Å²) in [6, 6.07) is 13.9. The van der Waals surface area contributed by atoms with Crippen molar-refractivity contribution in [2.24, 2.45) is 10.9 Å². The van der Waals surface area contributed by atoms with Crippen LogP contribution in [0.15, 0.2) is 53.5 Å². The molecule has 4 rings (SSSR count). The third kappa shape index (κ3) is 6.30. The van der Waals surface area contributed by atoms with Gasteiger partial charge in [0.05, 0.1) is 12.7 Å². The standard InChI is InChI=1S/C27H32FN5O2/c1-35-24-8-3-2-7-23(24)25(34)31-17-27(20-5-4-6-21(28)15-20)13-11-22(12-14-27)33-26(32-18-29)30-16-19-9-10-19/h2-8,15,19,22H,9-14,16-17H2,1H3,(H,31,34)(H2,30,32,33)/t22-,27+. The second-order valence-electron chi connectivity index (χ2n) is 9.48. The van der Waals surface area contributed by atoms with E-state index in [1.807, 2.05) is 18.3 Å². The van der Waals surface area contributed by atoms with Gasteiger partial charge in [-0.2, -0.15) is 5.26 Å². The number of halogens is 1. The highest BCUT2D eigenvalue weighted by atomic mass is 19.1. The number of nitrogens with one attached hydrogen (secondary N) is 3. The first-order valence-corrected chi connectivity index (χ1v) is 12.2. The number of amides is 1. The molecule has 2 aromatic carbocycles. The number of methoxy groups -OCH3 is 1. The van der Waals surface area contributed by atoms with Crippen molar-refractivity contribution in [1.82, 2.24) is 16.0 Å². The fourth-order valence-electron chi connectivity index (χ4n) is 4.81. The van der Waals surface area contributed by atoms with Gasteiger partial charge in [-0.25, -0.2) is 4.39 Å². The number of para-hydroxylation sites is 1. The number of hydrogen-bond acceptors (Lipinski definition) is 4. The van der Waals surface area contributed by atoms with E-state index in [-0.39, 0.29) is 17.8 Å². The van der Waals surface area contributed by atoms with Crippen LogP contribution in [0.25, 0.3) is 0 Å². The molecule has 0 radical (unpaired) electrons. The summed E-state index contributed by atoms with van der Waals surface area (Å²) < 4.78 is 19.5. The Bertz CT molecular complexity index is 1100. The summed E-state index contributed by atoms with van der Waals surface area (Å²) in [5.41, 5.74) is 0.958. The molecule has 184 valence electrons. The summed E-state index contributed by atoms with van der Waals surface area (Å²) >= 11 is 0. The number of aliphatic imine (C=N–C) groups is 1. The number of benzene rings is 2. The number of guanidine groups is 1. The summed E-state index contributed by atoms with van der Waals surface area (Å²) in [6.45, 7) is 1.21. The molecule has 0 aliphatic heterocycles. The lowest BCUT2D eigenvalue weighted by molar-refractivity contribution is 0.0932. The predicted molar refractivity (Wildman–Crippen MR) is 133 cm³/mol. The molecule has 2 aromatic rings. The lowest BCUT2D eigenvalue weighted by Crippen LogP contribution is -2.50. The summed E-state index contributed by atoms with van der Waals surface area (Å²) in [7, 11) is 1.54. The monoisotopic (exact) mass is 477 g/mol. The topological polar surface area (TPSA) is 98.5 Å². The van der Waals surface area contributed by atoms with E-state index in [2.05, 4.69) is 20.9 Å². The molecular formula is C27H32FN5O2. The SMILES string of the molecule is COc1ccccc1C(=O)NC[C@]1(c2cccc(F)c2)CC[C@@H](N/C(=N/C#N)NCC2CC2)CC1. The number of hydrogen-bond donors (Lipinski definition) is 3. The molecule has 0 spiro atoms. The quantitative estimate of drug-likeness (QED) is 0.305. The van der Waals surface area contributed by atoms with Gasteiger partial charge < -0.3 is 20.7 Å². The third-order valence-corrected chi connectivity index (χ3v) is 7.08. The van der Waals surface area contributed by atoms with Crippen LogP contribution in [0.4, 0.5) is 4.39 Å². The molecule has 2 aliphatic rings. The third-order valence-electron chi connectivity index (χ3n) is 7.08. The zero-order valence-corrected chi connectivity index (χ0v) is 20.0. The lowest BCUT2D eigenvalue weighted by Gasteiger charge is -2.41. The van der Waals surface area contributed by atoms with E-state index in [1.54, 1.807) is 30.3 Å². The molecule has 0 heterocycles. The van der Waals surface area contributed by atoms with Crippen molar-refractivity contribution in [2.45, 2.75) is 50.0 Å². The number of ether oxygens (including phenoxy) is 1. The second-order valence-corrected chi connectivity index (χ2v) is 9.48. The number of rotatable bonds is 8. The van der Waals surface area contributed by atoms with Gasteiger partial charge in [0.2, 0.25) is 12.2 Å². The Labute approximate surface area is 205 Å². The average molecular weight is 478 g/mol. The van der Waals surface area contributed by atoms with Crippen LogP contribution in [-0.2, 0) is 5.41 Å². The Morgan fingerprint density at radius 1 is 1.14 bits per heavy atom. The molecule has 0 bridgehead atoms. The first-order valence-electron chi connectivity index (χ1n) is 12.2. The minimum Gasteiger partial charge on any atom is -0.496 e. The Balaban J connectivity index is 1.45. The van der Waals surface area contributed by atoms with Crippen molar-refractivity contribution < 1.29 is 13.9 Å². The summed E-state index contributed by atoms with van der Waals surface area (Å²) in [5.74, 6) is 1.20. The average Bonchev–Trinajstić information content (AvgIpc) is 3.71. The Hall–Kier alpha value is -3.60. The minimum atomic E-state index is -0.397. The van der Waals surface area contributed by atoms with Gasteiger partial charge in [-0.15, -0.1) is 4.99 Å². The molecule has 0 aromatic heterocycles. The van der Waals surface area contributed by atoms with Crippen LogP contribution in [0, 0.1) is 23.2 Å². The number of nitrogens with zero attached hydrogens (tertiary/aromatic N) is 2. The zero-order valence-electron chi connectivity index (χ0n) is 20.0. The van der Waals surface area contributed by atoms with Crippen LogP contribution < -0.4 is 20.7 Å². The van der Waals surface area contributed by atoms with E-state index in [9.17, 15) is 9.18 Å². The number of nitriles is 1. The molecule has 0 atom stereocenters. The summed E-state index contributed by atoms with van der Waals surface area (Å²) in [4.78, 5) is 16.9. The first-order chi connectivity index (χ1) is 17.0. The molecular weight excluding hydrogens is 445 g/mol. The van der Waals surface area contributed by atoms with Crippen LogP contribution >= 0.6 is 0 Å². The van der Waals surface area contributed by atoms with Crippen LogP contribution in [0.5, 0.6) is 5.75 Å². The summed E-state index contributed by atoms with van der Waals surface area (Å²) in [5, 5.41) is 18.8. The van der Waals surface area contributed by atoms with Crippen LogP contribution in [0.2, 0.25) is 0 Å². The van der Waals surface area contributed by atoms with Crippen molar-refractivity contribution in [1.29, 1.82) is 5.26 Å². The Kier molecular flexibility index (Phi) is 7.86. The van der Waals surface area contributed by atoms with Gasteiger partial charge >= 0.3 is 0 Å². The molecule has 3 N–H and O–H groups in total. The van der Waals surface area contributed by atoms with Gasteiger partial charge in [0, 0.05) is 24.5 Å². The molecule has 0 unspecified atom stereocenters. The van der Waals surface area contributed by atoms with Gasteiger partial charge in [0.25, 0.3) is 5.91 Å². The lowest BCUT2D eigenvalue weighted by atomic mass is 9.68. The van der Waals surface area contributed by atoms with Gasteiger partial charge in [0.15, 0.2) is 0 Å². The fourth-order valence-corrected chi connectivity index (χ4v) is 4.81. The number of carbonyl (C=O) groups excluding carboxylic acids is 1. The predicted octanol–water partition coefficient (Wildman–Crippen LogP) is 3.87. The maximum Gasteiger partial charge on any atom is 0.255 e. The van der Waals surface area contributed by atoms with Gasteiger partial charge in [-0.05, 0) is 74.3 Å².